The number of carbonyl (C=O) groups excluding carboxylic acids is 1. The molecule has 0 radical (unpaired) electrons. The van der Waals surface area contributed by atoms with Gasteiger partial charge in [-0.2, -0.15) is 0 Å². The zero-order valence-corrected chi connectivity index (χ0v) is 13.4. The first-order chi connectivity index (χ1) is 10.7. The Hall–Kier alpha value is -1.77. The fraction of sp³-hybridized carbons (Fsp3) is 0.526. The summed E-state index contributed by atoms with van der Waals surface area (Å²) in [7, 11) is 1.65. The van der Waals surface area contributed by atoms with Crippen LogP contribution in [0.1, 0.15) is 38.2 Å². The van der Waals surface area contributed by atoms with E-state index in [4.69, 9.17) is 4.74 Å². The first-order valence-corrected chi connectivity index (χ1v) is 8.28. The van der Waals surface area contributed by atoms with Crippen LogP contribution in [0.2, 0.25) is 0 Å². The van der Waals surface area contributed by atoms with Crippen molar-refractivity contribution in [3.63, 3.8) is 0 Å². The van der Waals surface area contributed by atoms with Gasteiger partial charge in [0.15, 0.2) is 0 Å². The minimum absolute atomic E-state index is 0.00177. The molecule has 2 fully saturated rings. The van der Waals surface area contributed by atoms with E-state index in [1.54, 1.807) is 13.2 Å². The quantitative estimate of drug-likeness (QED) is 0.843. The van der Waals surface area contributed by atoms with Crippen LogP contribution in [0.4, 0.5) is 0 Å². The van der Waals surface area contributed by atoms with Crippen molar-refractivity contribution in [3.8, 4) is 5.75 Å². The van der Waals surface area contributed by atoms with Crippen molar-refractivity contribution in [2.75, 3.05) is 7.11 Å². The molecule has 22 heavy (non-hydrogen) atoms. The van der Waals surface area contributed by atoms with Crippen molar-refractivity contribution in [1.82, 2.24) is 5.32 Å². The topological polar surface area (TPSA) is 38.3 Å². The fourth-order valence-corrected chi connectivity index (χ4v) is 4.20. The number of fused-ring (bicyclic) bond motifs is 2. The molecule has 2 aliphatic carbocycles. The van der Waals surface area contributed by atoms with Crippen molar-refractivity contribution < 1.29 is 9.53 Å². The third-order valence-corrected chi connectivity index (χ3v) is 5.33. The van der Waals surface area contributed by atoms with Crippen LogP contribution in [0, 0.1) is 17.8 Å². The molecular weight excluding hydrogens is 274 g/mol. The number of methoxy groups -OCH3 is 1. The Bertz CT molecular complexity index is 566. The zero-order chi connectivity index (χ0) is 15.5. The molecular formula is C19H25NO2. The highest BCUT2D eigenvalue weighted by Gasteiger charge is 2.41. The van der Waals surface area contributed by atoms with Gasteiger partial charge >= 0.3 is 0 Å². The van der Waals surface area contributed by atoms with E-state index in [1.165, 1.54) is 25.7 Å². The minimum Gasteiger partial charge on any atom is -0.497 e. The summed E-state index contributed by atoms with van der Waals surface area (Å²) in [6, 6.07) is 7.98. The number of hydrogen-bond donors (Lipinski definition) is 1. The van der Waals surface area contributed by atoms with E-state index < -0.39 is 0 Å². The van der Waals surface area contributed by atoms with Crippen LogP contribution in [-0.2, 0) is 4.79 Å². The monoisotopic (exact) mass is 299 g/mol. The van der Waals surface area contributed by atoms with Gasteiger partial charge in [0.1, 0.15) is 5.75 Å². The average Bonchev–Trinajstić information content (AvgIpc) is 3.16. The summed E-state index contributed by atoms with van der Waals surface area (Å²) in [6.45, 7) is 2.16. The Morgan fingerprint density at radius 2 is 2.23 bits per heavy atom. The van der Waals surface area contributed by atoms with E-state index in [2.05, 4.69) is 12.2 Å². The van der Waals surface area contributed by atoms with Crippen LogP contribution < -0.4 is 10.1 Å². The molecule has 2 bridgehead atoms. The van der Waals surface area contributed by atoms with Crippen LogP contribution in [0.5, 0.6) is 5.75 Å². The van der Waals surface area contributed by atoms with E-state index in [9.17, 15) is 4.79 Å². The normalized spacial score (nSPS) is 28.0. The highest BCUT2D eigenvalue weighted by Crippen LogP contribution is 2.49. The Balaban J connectivity index is 1.54. The second kappa shape index (κ2) is 6.55. The van der Waals surface area contributed by atoms with Crippen LogP contribution in [0.15, 0.2) is 30.3 Å². The molecule has 2 aliphatic rings. The van der Waals surface area contributed by atoms with E-state index in [0.717, 1.165) is 23.1 Å². The van der Waals surface area contributed by atoms with Gasteiger partial charge < -0.3 is 10.1 Å². The van der Waals surface area contributed by atoms with Gasteiger partial charge in [0, 0.05) is 12.1 Å². The predicted octanol–water partition coefficient (Wildman–Crippen LogP) is 3.65. The average molecular weight is 299 g/mol. The third kappa shape index (κ3) is 3.34. The Morgan fingerprint density at radius 1 is 1.36 bits per heavy atom. The summed E-state index contributed by atoms with van der Waals surface area (Å²) in [6.07, 6.45) is 8.90. The van der Waals surface area contributed by atoms with E-state index >= 15 is 0 Å². The molecule has 3 heteroatoms. The number of carbonyl (C=O) groups is 1. The Labute approximate surface area is 132 Å². The second-order valence-electron chi connectivity index (χ2n) is 6.75. The molecule has 2 saturated carbocycles. The number of nitrogens with one attached hydrogen (secondary N) is 1. The predicted molar refractivity (Wildman–Crippen MR) is 88.6 cm³/mol. The fourth-order valence-electron chi connectivity index (χ4n) is 4.20. The Morgan fingerprint density at radius 3 is 2.91 bits per heavy atom. The van der Waals surface area contributed by atoms with Gasteiger partial charge in [0.25, 0.3) is 0 Å². The van der Waals surface area contributed by atoms with Crippen molar-refractivity contribution in [1.29, 1.82) is 0 Å². The molecule has 1 amide bonds. The lowest BCUT2D eigenvalue weighted by molar-refractivity contribution is -0.117. The van der Waals surface area contributed by atoms with Crippen molar-refractivity contribution in [3.05, 3.63) is 35.9 Å². The number of hydrogen-bond acceptors (Lipinski definition) is 2. The largest absolute Gasteiger partial charge is 0.497 e. The summed E-state index contributed by atoms with van der Waals surface area (Å²) < 4.78 is 5.19. The number of ether oxygens (including phenoxy) is 1. The molecule has 1 N–H and O–H groups in total. The molecule has 0 heterocycles. The van der Waals surface area contributed by atoms with Gasteiger partial charge in [0.2, 0.25) is 5.91 Å². The zero-order valence-electron chi connectivity index (χ0n) is 13.4. The third-order valence-electron chi connectivity index (χ3n) is 5.33. The lowest BCUT2D eigenvalue weighted by Crippen LogP contribution is -2.39. The van der Waals surface area contributed by atoms with Crippen LogP contribution >= 0.6 is 0 Å². The number of benzene rings is 1. The van der Waals surface area contributed by atoms with Gasteiger partial charge in [-0.1, -0.05) is 18.6 Å². The minimum atomic E-state index is -0.00177. The van der Waals surface area contributed by atoms with Crippen molar-refractivity contribution in [2.45, 2.75) is 38.6 Å². The molecule has 0 spiro atoms. The lowest BCUT2D eigenvalue weighted by Gasteiger charge is -2.28. The highest BCUT2D eigenvalue weighted by molar-refractivity contribution is 5.91. The van der Waals surface area contributed by atoms with Crippen molar-refractivity contribution in [2.24, 2.45) is 17.8 Å². The standard InChI is InChI=1S/C19H25NO2/c1-13(18-12-15-6-8-16(18)10-15)20-19(21)9-7-14-4-3-5-17(11-14)22-2/h3-5,7,9,11,13,15-16,18H,6,8,10,12H2,1-2H3,(H,20,21)/b9-7+. The lowest BCUT2D eigenvalue weighted by atomic mass is 9.84. The first kappa shape index (κ1) is 15.1. The first-order valence-electron chi connectivity index (χ1n) is 8.28. The van der Waals surface area contributed by atoms with Gasteiger partial charge in [-0.15, -0.1) is 0 Å². The van der Waals surface area contributed by atoms with Crippen LogP contribution in [0.25, 0.3) is 6.08 Å². The van der Waals surface area contributed by atoms with E-state index in [0.29, 0.717) is 5.92 Å². The molecule has 118 valence electrons. The molecule has 0 aliphatic heterocycles. The second-order valence-corrected chi connectivity index (χ2v) is 6.75. The maximum Gasteiger partial charge on any atom is 0.244 e. The van der Waals surface area contributed by atoms with Crippen LogP contribution in [-0.4, -0.2) is 19.1 Å². The van der Waals surface area contributed by atoms with E-state index in [-0.39, 0.29) is 11.9 Å². The van der Waals surface area contributed by atoms with Crippen molar-refractivity contribution >= 4 is 12.0 Å². The summed E-state index contributed by atoms with van der Waals surface area (Å²) in [5.41, 5.74) is 0.974. The maximum absolute atomic E-state index is 12.1. The summed E-state index contributed by atoms with van der Waals surface area (Å²) in [4.78, 5) is 12.1. The number of rotatable bonds is 5. The molecule has 4 atom stereocenters. The molecule has 4 unspecified atom stereocenters. The van der Waals surface area contributed by atoms with Gasteiger partial charge in [0.05, 0.1) is 7.11 Å². The summed E-state index contributed by atoms with van der Waals surface area (Å²) in [5, 5.41) is 3.15. The highest BCUT2D eigenvalue weighted by atomic mass is 16.5. The van der Waals surface area contributed by atoms with E-state index in [1.807, 2.05) is 30.3 Å². The number of amides is 1. The van der Waals surface area contributed by atoms with Gasteiger partial charge in [-0.25, -0.2) is 0 Å². The molecule has 1 aromatic rings. The van der Waals surface area contributed by atoms with Gasteiger partial charge in [-0.05, 0) is 67.7 Å². The molecule has 0 saturated heterocycles. The maximum atomic E-state index is 12.1. The molecule has 3 rings (SSSR count). The SMILES string of the molecule is COc1cccc(/C=C/C(=O)NC(C)C2CC3CCC2C3)c1. The van der Waals surface area contributed by atoms with Crippen LogP contribution in [0.3, 0.4) is 0 Å². The molecule has 0 aromatic heterocycles. The smallest absolute Gasteiger partial charge is 0.244 e. The van der Waals surface area contributed by atoms with Gasteiger partial charge in [-0.3, -0.25) is 4.79 Å². The summed E-state index contributed by atoms with van der Waals surface area (Å²) >= 11 is 0. The summed E-state index contributed by atoms with van der Waals surface area (Å²) in [5.74, 6) is 3.23. The molecule has 3 nitrogen and oxygen atoms in total. The molecule has 1 aromatic carbocycles. The Kier molecular flexibility index (Phi) is 4.51.